The molecular weight excluding hydrogens is 520 g/mol. The molecule has 0 radical (unpaired) electrons. The van der Waals surface area contributed by atoms with Crippen molar-refractivity contribution in [3.63, 3.8) is 0 Å². The fourth-order valence-electron chi connectivity index (χ4n) is 3.79. The van der Waals surface area contributed by atoms with E-state index >= 15 is 0 Å². The second kappa shape index (κ2) is 12.4. The van der Waals surface area contributed by atoms with Crippen molar-refractivity contribution < 1.29 is 13.6 Å². The molecule has 2 aromatic carbocycles. The molecule has 0 saturated carbocycles. The number of thiophene rings is 1. The van der Waals surface area contributed by atoms with Crippen molar-refractivity contribution >= 4 is 39.8 Å². The van der Waals surface area contributed by atoms with Crippen molar-refractivity contribution in [2.45, 2.75) is 33.4 Å². The van der Waals surface area contributed by atoms with Crippen LogP contribution in [-0.4, -0.2) is 25.8 Å². The molecule has 0 aliphatic heterocycles. The summed E-state index contributed by atoms with van der Waals surface area (Å²) in [7, 11) is 0. The maximum atomic E-state index is 13.6. The lowest BCUT2D eigenvalue weighted by Gasteiger charge is -2.15. The molecule has 4 N–H and O–H groups in total. The van der Waals surface area contributed by atoms with E-state index in [9.17, 15) is 13.6 Å². The number of nitrogens with one attached hydrogen (secondary N) is 2. The molecule has 0 spiro atoms. The number of rotatable bonds is 7. The zero-order valence-corrected chi connectivity index (χ0v) is 22.4. The summed E-state index contributed by atoms with van der Waals surface area (Å²) in [5.41, 5.74) is 8.30. The lowest BCUT2D eigenvalue weighted by molar-refractivity contribution is 0.0935. The summed E-state index contributed by atoms with van der Waals surface area (Å²) < 4.78 is 26.8. The number of nitrogens with zero attached hydrogens (tertiary/aromatic N) is 4. The number of hydrogen-bond acceptors (Lipinski definition) is 8. The molecule has 3 heterocycles. The van der Waals surface area contributed by atoms with Gasteiger partial charge in [-0.1, -0.05) is 26.0 Å². The number of nitrogens with two attached hydrogens (primary N) is 1. The minimum atomic E-state index is -0.976. The van der Waals surface area contributed by atoms with Crippen LogP contribution in [0.1, 0.15) is 47.7 Å². The summed E-state index contributed by atoms with van der Waals surface area (Å²) in [6.45, 7) is 6.09. The first kappa shape index (κ1) is 27.5. The molecule has 0 fully saturated rings. The maximum absolute atomic E-state index is 13.6. The van der Waals surface area contributed by atoms with Gasteiger partial charge in [0.15, 0.2) is 23.1 Å². The van der Waals surface area contributed by atoms with Gasteiger partial charge in [-0.2, -0.15) is 0 Å². The highest BCUT2D eigenvalue weighted by molar-refractivity contribution is 7.15. The van der Waals surface area contributed by atoms with E-state index in [0.717, 1.165) is 38.4 Å². The quantitative estimate of drug-likeness (QED) is 0.224. The molecular formula is C28H27F2N7OS. The fourth-order valence-corrected chi connectivity index (χ4v) is 4.74. The molecule has 1 unspecified atom stereocenters. The van der Waals surface area contributed by atoms with Crippen molar-refractivity contribution in [3.05, 3.63) is 95.0 Å². The van der Waals surface area contributed by atoms with Gasteiger partial charge in [0, 0.05) is 27.5 Å². The standard InChI is InChI=1S/C26H21F2N7OS.C2H6/c1-14(15-2-5-19(27)20(28)11-15)35-26(36)23-25(31-9-8-30-23)32-12-17-4-7-22(37-17)16-3-6-21-18(10-16)24(29)34-13-33-21;1-2/h2-11,13-14H,12H2,1H3,(H,31,32)(H,35,36)(H2,29,33,34);1-2H3. The molecule has 0 saturated heterocycles. The average molecular weight is 548 g/mol. The molecule has 200 valence electrons. The molecule has 39 heavy (non-hydrogen) atoms. The Hall–Kier alpha value is -4.51. The largest absolute Gasteiger partial charge is 0.383 e. The third-order valence-corrected chi connectivity index (χ3v) is 6.88. The first-order chi connectivity index (χ1) is 18.9. The second-order valence-corrected chi connectivity index (χ2v) is 9.40. The minimum absolute atomic E-state index is 0.0960. The van der Waals surface area contributed by atoms with E-state index < -0.39 is 23.6 Å². The smallest absolute Gasteiger partial charge is 0.274 e. The molecule has 3 aromatic heterocycles. The summed E-state index contributed by atoms with van der Waals surface area (Å²) in [4.78, 5) is 31.7. The Morgan fingerprint density at radius 1 is 0.974 bits per heavy atom. The van der Waals surface area contributed by atoms with Gasteiger partial charge in [-0.3, -0.25) is 4.79 Å². The number of hydrogen-bond donors (Lipinski definition) is 3. The molecule has 1 amide bonds. The number of amides is 1. The van der Waals surface area contributed by atoms with Crippen molar-refractivity contribution in [2.24, 2.45) is 0 Å². The van der Waals surface area contributed by atoms with Crippen LogP contribution in [0.15, 0.2) is 67.3 Å². The van der Waals surface area contributed by atoms with E-state index in [1.807, 2.05) is 44.2 Å². The van der Waals surface area contributed by atoms with E-state index in [1.165, 1.54) is 24.8 Å². The van der Waals surface area contributed by atoms with Gasteiger partial charge in [0.1, 0.15) is 12.1 Å². The van der Waals surface area contributed by atoms with Crippen LogP contribution in [0.4, 0.5) is 20.4 Å². The molecule has 5 rings (SSSR count). The van der Waals surface area contributed by atoms with Crippen LogP contribution in [0.25, 0.3) is 21.3 Å². The lowest BCUT2D eigenvalue weighted by atomic mass is 10.1. The Balaban J connectivity index is 0.00000172. The summed E-state index contributed by atoms with van der Waals surface area (Å²) in [5, 5.41) is 6.72. The van der Waals surface area contributed by atoms with Crippen molar-refractivity contribution in [3.8, 4) is 10.4 Å². The predicted octanol–water partition coefficient (Wildman–Crippen LogP) is 6.14. The predicted molar refractivity (Wildman–Crippen MR) is 150 cm³/mol. The third-order valence-electron chi connectivity index (χ3n) is 5.75. The van der Waals surface area contributed by atoms with Crippen LogP contribution in [0.5, 0.6) is 0 Å². The Labute approximate surface area is 228 Å². The van der Waals surface area contributed by atoms with E-state index in [4.69, 9.17) is 5.73 Å². The second-order valence-electron chi connectivity index (χ2n) is 8.23. The number of fused-ring (bicyclic) bond motifs is 1. The normalized spacial score (nSPS) is 11.4. The SMILES string of the molecule is CC.CC(NC(=O)c1nccnc1NCc1ccc(-c2ccc3ncnc(N)c3c2)s1)c1ccc(F)c(F)c1. The van der Waals surface area contributed by atoms with Gasteiger partial charge in [-0.05, 0) is 54.4 Å². The van der Waals surface area contributed by atoms with Gasteiger partial charge < -0.3 is 16.4 Å². The summed E-state index contributed by atoms with van der Waals surface area (Å²) in [6, 6.07) is 12.8. The highest BCUT2D eigenvalue weighted by atomic mass is 32.1. The Morgan fingerprint density at radius 3 is 2.56 bits per heavy atom. The third kappa shape index (κ3) is 6.32. The lowest BCUT2D eigenvalue weighted by Crippen LogP contribution is -2.28. The van der Waals surface area contributed by atoms with Crippen molar-refractivity contribution in [2.75, 3.05) is 11.1 Å². The van der Waals surface area contributed by atoms with Crippen LogP contribution in [0, 0.1) is 11.6 Å². The van der Waals surface area contributed by atoms with E-state index in [0.29, 0.717) is 23.7 Å². The Morgan fingerprint density at radius 2 is 1.77 bits per heavy atom. The first-order valence-corrected chi connectivity index (χ1v) is 13.1. The topological polar surface area (TPSA) is 119 Å². The number of halogens is 2. The Kier molecular flexibility index (Phi) is 8.72. The monoisotopic (exact) mass is 547 g/mol. The number of benzene rings is 2. The summed E-state index contributed by atoms with van der Waals surface area (Å²) >= 11 is 1.59. The van der Waals surface area contributed by atoms with Gasteiger partial charge in [-0.25, -0.2) is 28.7 Å². The van der Waals surface area contributed by atoms with Gasteiger partial charge in [0.25, 0.3) is 5.91 Å². The number of carbonyl (C=O) groups is 1. The van der Waals surface area contributed by atoms with Crippen molar-refractivity contribution in [1.29, 1.82) is 0 Å². The molecule has 0 bridgehead atoms. The van der Waals surface area contributed by atoms with E-state index in [2.05, 4.69) is 30.6 Å². The van der Waals surface area contributed by atoms with Crippen LogP contribution in [0.2, 0.25) is 0 Å². The number of aromatic nitrogens is 4. The molecule has 11 heteroatoms. The fraction of sp³-hybridized carbons (Fsp3) is 0.179. The molecule has 8 nitrogen and oxygen atoms in total. The van der Waals surface area contributed by atoms with Gasteiger partial charge >= 0.3 is 0 Å². The minimum Gasteiger partial charge on any atom is -0.383 e. The molecule has 5 aromatic rings. The highest BCUT2D eigenvalue weighted by Gasteiger charge is 2.18. The zero-order chi connectivity index (χ0) is 27.9. The van der Waals surface area contributed by atoms with E-state index in [-0.39, 0.29) is 5.69 Å². The van der Waals surface area contributed by atoms with Crippen LogP contribution in [-0.2, 0) is 6.54 Å². The average Bonchev–Trinajstić information content (AvgIpc) is 3.44. The van der Waals surface area contributed by atoms with E-state index in [1.54, 1.807) is 18.3 Å². The molecule has 0 aliphatic carbocycles. The summed E-state index contributed by atoms with van der Waals surface area (Å²) in [6.07, 6.45) is 4.34. The van der Waals surface area contributed by atoms with Crippen LogP contribution in [0.3, 0.4) is 0 Å². The molecule has 1 atom stereocenters. The van der Waals surface area contributed by atoms with Gasteiger partial charge in [0.05, 0.1) is 18.1 Å². The number of nitrogen functional groups attached to an aromatic ring is 1. The zero-order valence-electron chi connectivity index (χ0n) is 21.6. The van der Waals surface area contributed by atoms with Crippen LogP contribution < -0.4 is 16.4 Å². The summed E-state index contributed by atoms with van der Waals surface area (Å²) in [5.74, 6) is -1.68. The van der Waals surface area contributed by atoms with Gasteiger partial charge in [-0.15, -0.1) is 11.3 Å². The highest BCUT2D eigenvalue weighted by Crippen LogP contribution is 2.31. The Bertz CT molecular complexity index is 1610. The van der Waals surface area contributed by atoms with Crippen molar-refractivity contribution in [1.82, 2.24) is 25.3 Å². The maximum Gasteiger partial charge on any atom is 0.274 e. The number of carbonyl (C=O) groups excluding carboxylic acids is 1. The van der Waals surface area contributed by atoms with Gasteiger partial charge in [0.2, 0.25) is 0 Å². The van der Waals surface area contributed by atoms with Crippen LogP contribution >= 0.6 is 11.3 Å². The molecule has 0 aliphatic rings. The number of anilines is 2. The first-order valence-electron chi connectivity index (χ1n) is 12.3.